The molecular weight excluding hydrogens is 518 g/mol. The first-order valence-corrected chi connectivity index (χ1v) is 12.2. The van der Waals surface area contributed by atoms with Crippen molar-refractivity contribution >= 4 is 40.3 Å². The first kappa shape index (κ1) is 27.5. The number of hydrogen-bond acceptors (Lipinski definition) is 10. The zero-order chi connectivity index (χ0) is 29.1. The molecule has 1 unspecified atom stereocenters. The number of carbonyl (C=O) groups is 2. The number of imide groups is 1. The number of amides is 2. The van der Waals surface area contributed by atoms with Crippen molar-refractivity contribution in [3.63, 3.8) is 0 Å². The van der Waals surface area contributed by atoms with Gasteiger partial charge in [0.2, 0.25) is 0 Å². The van der Waals surface area contributed by atoms with E-state index < -0.39 is 21.2 Å². The van der Waals surface area contributed by atoms with Gasteiger partial charge in [0.15, 0.2) is 5.69 Å². The number of hydrogen-bond donors (Lipinski definition) is 0. The van der Waals surface area contributed by atoms with E-state index in [1.54, 1.807) is 49.4 Å². The number of nitriles is 1. The van der Waals surface area contributed by atoms with Gasteiger partial charge in [-0.1, -0.05) is 12.1 Å². The van der Waals surface area contributed by atoms with E-state index in [4.69, 9.17) is 0 Å². The van der Waals surface area contributed by atoms with Crippen LogP contribution in [0.2, 0.25) is 0 Å². The molecule has 0 aromatic heterocycles. The van der Waals surface area contributed by atoms with Crippen LogP contribution in [0, 0.1) is 38.5 Å². The average Bonchev–Trinajstić information content (AvgIpc) is 3.17. The Morgan fingerprint density at radius 2 is 1.65 bits per heavy atom. The summed E-state index contributed by atoms with van der Waals surface area (Å²) in [5, 5.41) is 40.0. The number of nitrogens with zero attached hydrogens (tertiary/aromatic N) is 7. The maximum absolute atomic E-state index is 12.8. The molecule has 2 amide bonds. The van der Waals surface area contributed by atoms with Crippen molar-refractivity contribution in [2.45, 2.75) is 26.8 Å². The van der Waals surface area contributed by atoms with Gasteiger partial charge in [-0.2, -0.15) is 5.26 Å². The minimum Gasteiger partial charge on any atom is -0.367 e. The Hall–Kier alpha value is -5.51. The summed E-state index contributed by atoms with van der Waals surface area (Å²) in [5.41, 5.74) is 0.564. The lowest BCUT2D eigenvalue weighted by molar-refractivity contribution is -0.393. The molecule has 3 aromatic rings. The minimum atomic E-state index is -0.854. The molecule has 0 saturated heterocycles. The number of azo groups is 1. The first-order valence-electron chi connectivity index (χ1n) is 12.2. The van der Waals surface area contributed by atoms with Crippen molar-refractivity contribution in [1.82, 2.24) is 4.90 Å². The van der Waals surface area contributed by atoms with Crippen LogP contribution in [0.25, 0.3) is 0 Å². The summed E-state index contributed by atoms with van der Waals surface area (Å²) in [6.07, 6.45) is 0. The Bertz CT molecular complexity index is 1590. The second-order valence-corrected chi connectivity index (χ2v) is 9.06. The Balaban J connectivity index is 1.58. The molecule has 0 fully saturated rings. The highest BCUT2D eigenvalue weighted by Crippen LogP contribution is 2.37. The van der Waals surface area contributed by atoms with Crippen molar-refractivity contribution in [2.24, 2.45) is 10.2 Å². The quantitative estimate of drug-likeness (QED) is 0.145. The van der Waals surface area contributed by atoms with Crippen molar-refractivity contribution in [1.29, 1.82) is 5.26 Å². The number of carbonyl (C=O) groups excluding carboxylic acids is 2. The normalized spacial score (nSPS) is 13.3. The molecule has 3 aromatic carbocycles. The lowest BCUT2D eigenvalue weighted by Gasteiger charge is -2.32. The summed E-state index contributed by atoms with van der Waals surface area (Å²) in [6, 6.07) is 15.1. The van der Waals surface area contributed by atoms with Gasteiger partial charge in [0.25, 0.3) is 17.5 Å². The highest BCUT2D eigenvalue weighted by Gasteiger charge is 2.36. The maximum Gasteiger partial charge on any atom is 0.304 e. The van der Waals surface area contributed by atoms with Crippen molar-refractivity contribution in [3.8, 4) is 6.07 Å². The molecule has 0 spiro atoms. The van der Waals surface area contributed by atoms with Gasteiger partial charge in [-0.05, 0) is 56.7 Å². The largest absolute Gasteiger partial charge is 0.367 e. The lowest BCUT2D eigenvalue weighted by Crippen LogP contribution is -2.44. The summed E-state index contributed by atoms with van der Waals surface area (Å²) >= 11 is 0. The zero-order valence-corrected chi connectivity index (χ0v) is 21.8. The Morgan fingerprint density at radius 1 is 1.00 bits per heavy atom. The van der Waals surface area contributed by atoms with Crippen molar-refractivity contribution < 1.29 is 19.4 Å². The summed E-state index contributed by atoms with van der Waals surface area (Å²) < 4.78 is 0. The molecule has 4 rings (SSSR count). The molecular formula is C27H23N7O6. The topological polar surface area (TPSA) is 175 Å². The van der Waals surface area contributed by atoms with Crippen LogP contribution in [0.3, 0.4) is 0 Å². The van der Waals surface area contributed by atoms with Crippen LogP contribution in [0.15, 0.2) is 64.8 Å². The van der Waals surface area contributed by atoms with Gasteiger partial charge in [-0.15, -0.1) is 10.2 Å². The van der Waals surface area contributed by atoms with E-state index in [0.717, 1.165) is 17.8 Å². The fraction of sp³-hybridized carbons (Fsp3) is 0.222. The van der Waals surface area contributed by atoms with E-state index in [1.807, 2.05) is 24.8 Å². The average molecular weight is 542 g/mol. The van der Waals surface area contributed by atoms with Gasteiger partial charge >= 0.3 is 5.69 Å². The molecule has 13 heteroatoms. The Kier molecular flexibility index (Phi) is 7.62. The summed E-state index contributed by atoms with van der Waals surface area (Å²) in [6.45, 7) is 6.37. The molecule has 1 heterocycles. The molecule has 202 valence electrons. The van der Waals surface area contributed by atoms with Crippen LogP contribution in [-0.2, 0) is 0 Å². The van der Waals surface area contributed by atoms with E-state index in [1.165, 1.54) is 4.90 Å². The SMILES string of the molecule is CCN(c1ccc(/N=N/c2c(C#N)cc([N+](=O)[O-])cc2[N+](=O)[O-])c(C)c1)C(C)CN1C(=O)c2ccccc2C1=O. The number of non-ortho nitro benzene ring substituents is 1. The molecule has 1 atom stereocenters. The standard InChI is InChI=1S/C27H23N7O6/c1-4-31(17(3)15-32-26(35)21-7-5-6-8-22(21)27(32)36)19-9-10-23(16(2)11-19)29-30-25-18(14-28)12-20(33(37)38)13-24(25)34(39)40/h5-13,17H,4,15H2,1-3H3/b30-29+. The predicted molar refractivity (Wildman–Crippen MR) is 144 cm³/mol. The fourth-order valence-corrected chi connectivity index (χ4v) is 4.59. The van der Waals surface area contributed by atoms with Gasteiger partial charge in [-0.3, -0.25) is 34.7 Å². The van der Waals surface area contributed by atoms with Crippen LogP contribution in [0.4, 0.5) is 28.4 Å². The van der Waals surface area contributed by atoms with E-state index >= 15 is 0 Å². The molecule has 0 saturated carbocycles. The van der Waals surface area contributed by atoms with Crippen LogP contribution >= 0.6 is 0 Å². The highest BCUT2D eigenvalue weighted by molar-refractivity contribution is 6.21. The van der Waals surface area contributed by atoms with Gasteiger partial charge in [-0.25, -0.2) is 0 Å². The molecule has 0 radical (unpaired) electrons. The second kappa shape index (κ2) is 11.1. The van der Waals surface area contributed by atoms with E-state index in [0.29, 0.717) is 28.9 Å². The molecule has 0 aliphatic carbocycles. The third-order valence-corrected chi connectivity index (χ3v) is 6.57. The number of anilines is 1. The number of aryl methyl sites for hydroxylation is 1. The molecule has 1 aliphatic heterocycles. The smallest absolute Gasteiger partial charge is 0.304 e. The monoisotopic (exact) mass is 541 g/mol. The molecule has 0 N–H and O–H groups in total. The molecule has 40 heavy (non-hydrogen) atoms. The highest BCUT2D eigenvalue weighted by atomic mass is 16.6. The number of fused-ring (bicyclic) bond motifs is 1. The summed E-state index contributed by atoms with van der Waals surface area (Å²) in [7, 11) is 0. The number of nitro benzene ring substituents is 2. The number of rotatable bonds is 9. The van der Waals surface area contributed by atoms with E-state index in [-0.39, 0.29) is 35.7 Å². The molecule has 1 aliphatic rings. The predicted octanol–water partition coefficient (Wildman–Crippen LogP) is 5.61. The van der Waals surface area contributed by atoms with Crippen LogP contribution in [-0.4, -0.2) is 45.7 Å². The van der Waals surface area contributed by atoms with Gasteiger partial charge < -0.3 is 4.90 Å². The summed E-state index contributed by atoms with van der Waals surface area (Å²) in [4.78, 5) is 49.8. The first-order chi connectivity index (χ1) is 19.1. The number of nitro groups is 2. The Labute approximate surface area is 228 Å². The van der Waals surface area contributed by atoms with E-state index in [9.17, 15) is 35.1 Å². The van der Waals surface area contributed by atoms with Crippen LogP contribution in [0.1, 0.15) is 45.7 Å². The van der Waals surface area contributed by atoms with Gasteiger partial charge in [0.05, 0.1) is 38.3 Å². The van der Waals surface area contributed by atoms with Crippen molar-refractivity contribution in [3.05, 3.63) is 97.1 Å². The van der Waals surface area contributed by atoms with Gasteiger partial charge in [0, 0.05) is 30.9 Å². The third kappa shape index (κ3) is 5.10. The third-order valence-electron chi connectivity index (χ3n) is 6.57. The van der Waals surface area contributed by atoms with Crippen molar-refractivity contribution in [2.75, 3.05) is 18.0 Å². The van der Waals surface area contributed by atoms with E-state index in [2.05, 4.69) is 10.2 Å². The number of benzene rings is 3. The van der Waals surface area contributed by atoms with Gasteiger partial charge in [0.1, 0.15) is 6.07 Å². The minimum absolute atomic E-state index is 0.182. The molecule has 0 bridgehead atoms. The van der Waals surface area contributed by atoms with Crippen LogP contribution in [0.5, 0.6) is 0 Å². The molecule has 13 nitrogen and oxygen atoms in total. The number of likely N-dealkylation sites (N-methyl/N-ethyl adjacent to an activating group) is 1. The lowest BCUT2D eigenvalue weighted by atomic mass is 10.1. The van der Waals surface area contributed by atoms with Crippen LogP contribution < -0.4 is 4.90 Å². The summed E-state index contributed by atoms with van der Waals surface area (Å²) in [5.74, 6) is -0.653. The zero-order valence-electron chi connectivity index (χ0n) is 21.8. The Morgan fingerprint density at radius 3 is 2.17 bits per heavy atom. The second-order valence-electron chi connectivity index (χ2n) is 9.06. The fourth-order valence-electron chi connectivity index (χ4n) is 4.59. The maximum atomic E-state index is 12.8.